The Labute approximate surface area is 112 Å². The Bertz CT molecular complexity index is 389. The quantitative estimate of drug-likeness (QED) is 0.851. The average Bonchev–Trinajstić information content (AvgIpc) is 2.20. The molecule has 0 amide bonds. The van der Waals surface area contributed by atoms with E-state index in [4.69, 9.17) is 11.6 Å². The van der Waals surface area contributed by atoms with E-state index >= 15 is 0 Å². The Morgan fingerprint density at radius 1 is 1.35 bits per heavy atom. The van der Waals surface area contributed by atoms with Gasteiger partial charge in [-0.1, -0.05) is 23.7 Å². The van der Waals surface area contributed by atoms with Crippen LogP contribution in [0, 0.1) is 6.92 Å². The lowest BCUT2D eigenvalue weighted by Gasteiger charge is -2.26. The van der Waals surface area contributed by atoms with E-state index in [1.807, 2.05) is 52.8 Å². The lowest BCUT2D eigenvalue weighted by atomic mass is 10.1. The normalized spacial score (nSPS) is 15.7. The fourth-order valence-electron chi connectivity index (χ4n) is 1.28. The van der Waals surface area contributed by atoms with Crippen LogP contribution < -0.4 is 4.72 Å². The molecule has 2 unspecified atom stereocenters. The van der Waals surface area contributed by atoms with Crippen LogP contribution in [-0.2, 0) is 11.4 Å². The molecule has 2 atom stereocenters. The summed E-state index contributed by atoms with van der Waals surface area (Å²) in [6.07, 6.45) is 0. The van der Waals surface area contributed by atoms with Gasteiger partial charge in [0.15, 0.2) is 0 Å². The van der Waals surface area contributed by atoms with Gasteiger partial charge in [0.2, 0.25) is 0 Å². The van der Waals surface area contributed by atoms with Gasteiger partial charge in [-0.15, -0.1) is 4.72 Å². The van der Waals surface area contributed by atoms with Crippen LogP contribution in [0.2, 0.25) is 5.02 Å². The molecule has 1 N–H and O–H groups in total. The van der Waals surface area contributed by atoms with Gasteiger partial charge in [-0.05, 0) is 51.8 Å². The summed E-state index contributed by atoms with van der Waals surface area (Å²) >= 11 is 5.01. The zero-order valence-corrected chi connectivity index (χ0v) is 12.6. The number of hydrogen-bond acceptors (Lipinski definition) is 2. The van der Waals surface area contributed by atoms with Crippen LogP contribution in [0.15, 0.2) is 18.2 Å². The molecule has 0 fully saturated rings. The Morgan fingerprint density at radius 3 is 2.41 bits per heavy atom. The molecule has 0 radical (unpaired) electrons. The van der Waals surface area contributed by atoms with Crippen molar-refractivity contribution in [2.24, 2.45) is 0 Å². The molecule has 0 aliphatic rings. The maximum Gasteiger partial charge on any atom is 0.136 e. The van der Waals surface area contributed by atoms with Crippen molar-refractivity contribution in [2.75, 3.05) is 0 Å². The summed E-state index contributed by atoms with van der Waals surface area (Å²) in [6, 6.07) is 5.94. The van der Waals surface area contributed by atoms with E-state index in [0.717, 1.165) is 16.1 Å². The maximum atomic E-state index is 12.0. The van der Waals surface area contributed by atoms with Crippen molar-refractivity contribution in [3.05, 3.63) is 34.3 Å². The predicted molar refractivity (Wildman–Crippen MR) is 75.6 cm³/mol. The van der Waals surface area contributed by atoms with Gasteiger partial charge >= 0.3 is 0 Å². The molecule has 1 aromatic rings. The van der Waals surface area contributed by atoms with Crippen molar-refractivity contribution in [1.29, 1.82) is 0 Å². The second-order valence-electron chi connectivity index (χ2n) is 5.23. The molecule has 1 rings (SSSR count). The van der Waals surface area contributed by atoms with Crippen molar-refractivity contribution in [3.8, 4) is 0 Å². The summed E-state index contributed by atoms with van der Waals surface area (Å²) in [7, 11) is 0. The summed E-state index contributed by atoms with van der Waals surface area (Å²) in [5.74, 6) is 0. The molecule has 17 heavy (non-hydrogen) atoms. The molecule has 0 heterocycles. The second kappa shape index (κ2) is 5.61. The first kappa shape index (κ1) is 14.8. The summed E-state index contributed by atoms with van der Waals surface area (Å²) in [5, 5.41) is 0.748. The summed E-state index contributed by atoms with van der Waals surface area (Å²) in [4.78, 5) is 0. The molecular formula is C13H20ClNOS. The second-order valence-corrected chi connectivity index (χ2v) is 7.63. The van der Waals surface area contributed by atoms with E-state index < -0.39 is 11.4 Å². The molecule has 0 saturated heterocycles. The number of nitrogens with one attached hydrogen (secondary N) is 1. The third-order valence-electron chi connectivity index (χ3n) is 2.54. The van der Waals surface area contributed by atoms with E-state index in [9.17, 15) is 4.55 Å². The molecule has 0 aromatic heterocycles. The lowest BCUT2D eigenvalue weighted by molar-refractivity contribution is 0.531. The van der Waals surface area contributed by atoms with E-state index in [2.05, 4.69) is 4.72 Å². The molecule has 0 spiro atoms. The van der Waals surface area contributed by atoms with Crippen molar-refractivity contribution in [1.82, 2.24) is 4.72 Å². The first-order chi connectivity index (χ1) is 7.71. The Morgan fingerprint density at radius 2 is 1.94 bits per heavy atom. The van der Waals surface area contributed by atoms with Gasteiger partial charge in [-0.25, -0.2) is 0 Å². The smallest absolute Gasteiger partial charge is 0.136 e. The Kier molecular flexibility index (Phi) is 4.90. The van der Waals surface area contributed by atoms with Crippen LogP contribution in [-0.4, -0.2) is 9.30 Å². The van der Waals surface area contributed by atoms with Gasteiger partial charge in [0, 0.05) is 16.4 Å². The molecule has 4 heteroatoms. The molecular weight excluding hydrogens is 254 g/mol. The van der Waals surface area contributed by atoms with Crippen LogP contribution in [0.4, 0.5) is 0 Å². The molecule has 0 saturated carbocycles. The molecule has 96 valence electrons. The van der Waals surface area contributed by atoms with Crippen LogP contribution in [0.1, 0.15) is 44.9 Å². The molecule has 2 nitrogen and oxygen atoms in total. The minimum Gasteiger partial charge on any atom is -0.598 e. The zero-order valence-electron chi connectivity index (χ0n) is 11.0. The number of hydrogen-bond donors (Lipinski definition) is 1. The van der Waals surface area contributed by atoms with Gasteiger partial charge < -0.3 is 4.55 Å². The molecule has 0 aliphatic heterocycles. The maximum absolute atomic E-state index is 12.0. The summed E-state index contributed by atoms with van der Waals surface area (Å²) < 4.78 is 14.8. The van der Waals surface area contributed by atoms with E-state index in [-0.39, 0.29) is 10.8 Å². The van der Waals surface area contributed by atoms with Crippen LogP contribution in [0.5, 0.6) is 0 Å². The topological polar surface area (TPSA) is 35.1 Å². The van der Waals surface area contributed by atoms with E-state index in [1.54, 1.807) is 0 Å². The van der Waals surface area contributed by atoms with Crippen molar-refractivity contribution in [2.45, 2.75) is 45.4 Å². The highest BCUT2D eigenvalue weighted by Gasteiger charge is 2.28. The van der Waals surface area contributed by atoms with Gasteiger partial charge in [0.05, 0.1) is 6.04 Å². The summed E-state index contributed by atoms with van der Waals surface area (Å²) in [6.45, 7) is 9.81. The SMILES string of the molecule is Cc1ccc(C(C)N[S+]([O-])C(C)(C)C)cc1Cl. The largest absolute Gasteiger partial charge is 0.598 e. The number of benzene rings is 1. The minimum absolute atomic E-state index is 0.0214. The fraction of sp³-hybridized carbons (Fsp3) is 0.538. The fourth-order valence-corrected chi connectivity index (χ4v) is 2.28. The highest BCUT2D eigenvalue weighted by atomic mass is 35.5. The van der Waals surface area contributed by atoms with Gasteiger partial charge in [-0.3, -0.25) is 0 Å². The highest BCUT2D eigenvalue weighted by molar-refractivity contribution is 7.90. The lowest BCUT2D eigenvalue weighted by Crippen LogP contribution is -2.40. The number of halogens is 1. The number of rotatable bonds is 3. The molecule has 0 bridgehead atoms. The van der Waals surface area contributed by atoms with Gasteiger partial charge in [-0.2, -0.15) is 0 Å². The monoisotopic (exact) mass is 273 g/mol. The van der Waals surface area contributed by atoms with Crippen LogP contribution in [0.3, 0.4) is 0 Å². The van der Waals surface area contributed by atoms with E-state index in [1.165, 1.54) is 0 Å². The molecule has 1 aromatic carbocycles. The zero-order chi connectivity index (χ0) is 13.2. The highest BCUT2D eigenvalue weighted by Crippen LogP contribution is 2.23. The van der Waals surface area contributed by atoms with Crippen molar-refractivity contribution >= 4 is 23.0 Å². The van der Waals surface area contributed by atoms with Crippen molar-refractivity contribution < 1.29 is 4.55 Å². The minimum atomic E-state index is -1.07. The van der Waals surface area contributed by atoms with Gasteiger partial charge in [0.25, 0.3) is 0 Å². The first-order valence-electron chi connectivity index (χ1n) is 5.66. The van der Waals surface area contributed by atoms with Crippen LogP contribution >= 0.6 is 11.6 Å². The first-order valence-corrected chi connectivity index (χ1v) is 7.18. The standard InChI is InChI=1S/C13H20ClNOS/c1-9-6-7-11(8-12(9)14)10(2)15-17(16)13(3,4)5/h6-8,10,15H,1-5H3. The number of aryl methyl sites for hydroxylation is 1. The third-order valence-corrected chi connectivity index (χ3v) is 4.62. The van der Waals surface area contributed by atoms with Crippen molar-refractivity contribution in [3.63, 3.8) is 0 Å². The predicted octanol–water partition coefficient (Wildman–Crippen LogP) is 3.76. The van der Waals surface area contributed by atoms with Crippen LogP contribution in [0.25, 0.3) is 0 Å². The Hall–Kier alpha value is -0.220. The Balaban J connectivity index is 2.76. The van der Waals surface area contributed by atoms with E-state index in [0.29, 0.717) is 0 Å². The third kappa shape index (κ3) is 4.18. The summed E-state index contributed by atoms with van der Waals surface area (Å²) in [5.41, 5.74) is 2.11. The van der Waals surface area contributed by atoms with Gasteiger partial charge in [0.1, 0.15) is 4.75 Å². The molecule has 0 aliphatic carbocycles. The average molecular weight is 274 g/mol.